The number of rotatable bonds is 0. The zero-order chi connectivity index (χ0) is 6.81. The van der Waals surface area contributed by atoms with Crippen LogP contribution < -0.4 is 0 Å². The van der Waals surface area contributed by atoms with Gasteiger partial charge in [-0.15, -0.1) is 0 Å². The largest absolute Gasteiger partial charge is 0.494 e. The van der Waals surface area contributed by atoms with Gasteiger partial charge in [-0.1, -0.05) is 6.08 Å². The third-order valence-electron chi connectivity index (χ3n) is 2.13. The minimum Gasteiger partial charge on any atom is -0.494 e. The molecule has 2 rings (SSSR count). The van der Waals surface area contributed by atoms with Crippen molar-refractivity contribution in [1.82, 2.24) is 0 Å². The first kappa shape index (κ1) is 6.02. The van der Waals surface area contributed by atoms with Gasteiger partial charge in [-0.2, -0.15) is 0 Å². The van der Waals surface area contributed by atoms with Gasteiger partial charge in [0.2, 0.25) is 0 Å². The minimum absolute atomic E-state index is 0.791. The molecular formula is C9H12O. The topological polar surface area (TPSA) is 9.23 Å². The Morgan fingerprint density at radius 2 is 2.10 bits per heavy atom. The molecule has 0 unspecified atom stereocenters. The van der Waals surface area contributed by atoms with Crippen molar-refractivity contribution in [3.63, 3.8) is 0 Å². The summed E-state index contributed by atoms with van der Waals surface area (Å²) in [4.78, 5) is 0. The van der Waals surface area contributed by atoms with Gasteiger partial charge in [-0.05, 0) is 30.9 Å². The Morgan fingerprint density at radius 3 is 3.00 bits per heavy atom. The summed E-state index contributed by atoms with van der Waals surface area (Å²) in [7, 11) is 0. The van der Waals surface area contributed by atoms with E-state index in [-0.39, 0.29) is 0 Å². The highest BCUT2D eigenvalue weighted by atomic mass is 16.5. The number of hydrogen-bond acceptors (Lipinski definition) is 1. The summed E-state index contributed by atoms with van der Waals surface area (Å²) in [5.74, 6) is 1.26. The highest BCUT2D eigenvalue weighted by Crippen LogP contribution is 2.28. The molecule has 0 N–H and O–H groups in total. The fourth-order valence-corrected chi connectivity index (χ4v) is 1.58. The van der Waals surface area contributed by atoms with Crippen molar-refractivity contribution in [3.05, 3.63) is 23.5 Å². The Labute approximate surface area is 61.4 Å². The fourth-order valence-electron chi connectivity index (χ4n) is 1.58. The van der Waals surface area contributed by atoms with Crippen LogP contribution in [0.4, 0.5) is 0 Å². The predicted molar refractivity (Wildman–Crippen MR) is 40.6 cm³/mol. The van der Waals surface area contributed by atoms with Crippen LogP contribution in [0.3, 0.4) is 0 Å². The maximum atomic E-state index is 5.47. The van der Waals surface area contributed by atoms with E-state index in [0.29, 0.717) is 0 Å². The second-order valence-electron chi connectivity index (χ2n) is 2.87. The lowest BCUT2D eigenvalue weighted by Crippen LogP contribution is -2.06. The minimum atomic E-state index is 0.791. The van der Waals surface area contributed by atoms with Gasteiger partial charge in [-0.25, -0.2) is 0 Å². The van der Waals surface area contributed by atoms with Gasteiger partial charge in [0, 0.05) is 6.42 Å². The van der Waals surface area contributed by atoms with E-state index in [4.69, 9.17) is 4.74 Å². The lowest BCUT2D eigenvalue weighted by molar-refractivity contribution is 0.218. The molecule has 10 heavy (non-hydrogen) atoms. The average Bonchev–Trinajstić information content (AvgIpc) is 2.05. The first-order valence-electron chi connectivity index (χ1n) is 3.98. The molecular weight excluding hydrogens is 124 g/mol. The predicted octanol–water partition coefficient (Wildman–Crippen LogP) is 2.40. The van der Waals surface area contributed by atoms with Gasteiger partial charge < -0.3 is 4.74 Å². The Bertz CT molecular complexity index is 189. The Balaban J connectivity index is 2.23. The molecule has 0 spiro atoms. The molecule has 0 radical (unpaired) electrons. The molecule has 0 saturated heterocycles. The molecule has 0 amide bonds. The number of hydrogen-bond donors (Lipinski definition) is 0. The molecule has 54 valence electrons. The molecule has 0 fully saturated rings. The average molecular weight is 136 g/mol. The summed E-state index contributed by atoms with van der Waals surface area (Å²) in [5, 5.41) is 0. The molecule has 0 bridgehead atoms. The zero-order valence-corrected chi connectivity index (χ0v) is 6.10. The Kier molecular flexibility index (Phi) is 1.50. The van der Waals surface area contributed by atoms with Crippen molar-refractivity contribution >= 4 is 0 Å². The fraction of sp³-hybridized carbons (Fsp3) is 0.556. The first-order valence-corrected chi connectivity index (χ1v) is 3.98. The summed E-state index contributed by atoms with van der Waals surface area (Å²) in [6.07, 6.45) is 9.37. The molecule has 1 aliphatic carbocycles. The maximum Gasteiger partial charge on any atom is 0.106 e. The van der Waals surface area contributed by atoms with Crippen molar-refractivity contribution in [2.75, 3.05) is 6.61 Å². The van der Waals surface area contributed by atoms with Gasteiger partial charge in [-0.3, -0.25) is 0 Å². The summed E-state index contributed by atoms with van der Waals surface area (Å²) >= 11 is 0. The van der Waals surface area contributed by atoms with E-state index < -0.39 is 0 Å². The molecule has 0 atom stereocenters. The normalized spacial score (nSPS) is 24.0. The summed E-state index contributed by atoms with van der Waals surface area (Å²) in [6.45, 7) is 0.791. The Hall–Kier alpha value is -0.720. The summed E-state index contributed by atoms with van der Waals surface area (Å²) in [6, 6.07) is 0. The van der Waals surface area contributed by atoms with Crippen LogP contribution in [0.2, 0.25) is 0 Å². The molecule has 1 nitrogen and oxygen atoms in total. The van der Waals surface area contributed by atoms with Crippen molar-refractivity contribution in [2.45, 2.75) is 25.7 Å². The standard InChI is InChI=1S/C9H12O/c1-2-6-9-8(4-1)5-3-7-10-9/h3,5H,1-2,4,6-7H2. The van der Waals surface area contributed by atoms with E-state index in [9.17, 15) is 0 Å². The van der Waals surface area contributed by atoms with E-state index >= 15 is 0 Å². The van der Waals surface area contributed by atoms with Crippen molar-refractivity contribution in [2.24, 2.45) is 0 Å². The monoisotopic (exact) mass is 136 g/mol. The van der Waals surface area contributed by atoms with Gasteiger partial charge >= 0.3 is 0 Å². The van der Waals surface area contributed by atoms with Crippen LogP contribution >= 0.6 is 0 Å². The number of ether oxygens (including phenoxy) is 1. The van der Waals surface area contributed by atoms with E-state index in [1.54, 1.807) is 0 Å². The summed E-state index contributed by atoms with van der Waals surface area (Å²) < 4.78 is 5.47. The third kappa shape index (κ3) is 0.962. The second-order valence-corrected chi connectivity index (χ2v) is 2.87. The maximum absolute atomic E-state index is 5.47. The van der Waals surface area contributed by atoms with E-state index in [0.717, 1.165) is 6.61 Å². The van der Waals surface area contributed by atoms with Crippen LogP contribution in [-0.4, -0.2) is 6.61 Å². The van der Waals surface area contributed by atoms with Crippen molar-refractivity contribution in [1.29, 1.82) is 0 Å². The van der Waals surface area contributed by atoms with Crippen molar-refractivity contribution < 1.29 is 4.74 Å². The number of allylic oxidation sites excluding steroid dienone is 3. The van der Waals surface area contributed by atoms with Gasteiger partial charge in [0.05, 0.1) is 5.76 Å². The van der Waals surface area contributed by atoms with Crippen molar-refractivity contribution in [3.8, 4) is 0 Å². The third-order valence-corrected chi connectivity index (χ3v) is 2.13. The summed E-state index contributed by atoms with van der Waals surface area (Å²) in [5.41, 5.74) is 1.44. The lowest BCUT2D eigenvalue weighted by Gasteiger charge is -2.20. The van der Waals surface area contributed by atoms with E-state index in [2.05, 4.69) is 12.2 Å². The van der Waals surface area contributed by atoms with Crippen LogP contribution in [-0.2, 0) is 4.74 Å². The molecule has 0 saturated carbocycles. The van der Waals surface area contributed by atoms with Crippen LogP contribution in [0.15, 0.2) is 23.5 Å². The SMILES string of the molecule is C1=CC2=C(CCCC2)OC1. The quantitative estimate of drug-likeness (QED) is 0.497. The van der Waals surface area contributed by atoms with Gasteiger partial charge in [0.15, 0.2) is 0 Å². The Morgan fingerprint density at radius 1 is 1.20 bits per heavy atom. The van der Waals surface area contributed by atoms with Crippen LogP contribution in [0.25, 0.3) is 0 Å². The van der Waals surface area contributed by atoms with Gasteiger partial charge in [0.25, 0.3) is 0 Å². The molecule has 1 heteroatoms. The zero-order valence-electron chi connectivity index (χ0n) is 6.10. The molecule has 0 aromatic rings. The van der Waals surface area contributed by atoms with Gasteiger partial charge in [0.1, 0.15) is 6.61 Å². The van der Waals surface area contributed by atoms with Crippen LogP contribution in [0, 0.1) is 0 Å². The molecule has 2 aliphatic rings. The molecule has 1 heterocycles. The first-order chi connectivity index (χ1) is 4.97. The molecule has 0 aromatic heterocycles. The van der Waals surface area contributed by atoms with E-state index in [1.807, 2.05) is 0 Å². The van der Waals surface area contributed by atoms with Crippen LogP contribution in [0.1, 0.15) is 25.7 Å². The smallest absolute Gasteiger partial charge is 0.106 e. The second kappa shape index (κ2) is 2.49. The molecule has 1 aliphatic heterocycles. The highest BCUT2D eigenvalue weighted by molar-refractivity contribution is 5.26. The molecule has 0 aromatic carbocycles. The van der Waals surface area contributed by atoms with E-state index in [1.165, 1.54) is 37.0 Å². The lowest BCUT2D eigenvalue weighted by atomic mass is 9.96. The highest BCUT2D eigenvalue weighted by Gasteiger charge is 2.13. The van der Waals surface area contributed by atoms with Crippen LogP contribution in [0.5, 0.6) is 0 Å².